The summed E-state index contributed by atoms with van der Waals surface area (Å²) in [6, 6.07) is 20.8. The highest BCUT2D eigenvalue weighted by Crippen LogP contribution is 2.26. The van der Waals surface area contributed by atoms with Crippen molar-refractivity contribution in [3.63, 3.8) is 0 Å². The van der Waals surface area contributed by atoms with Crippen molar-refractivity contribution in [1.82, 2.24) is 9.72 Å². The molecule has 2 heterocycles. The first-order valence-corrected chi connectivity index (χ1v) is 9.93. The molecular formula is C25H22N2O4. The smallest absolute Gasteiger partial charge is 0.344 e. The van der Waals surface area contributed by atoms with Crippen LogP contribution in [0, 0.1) is 20.8 Å². The minimum Gasteiger partial charge on any atom is -0.454 e. The quantitative estimate of drug-likeness (QED) is 0.324. The molecule has 4 rings (SSSR count). The lowest BCUT2D eigenvalue weighted by atomic mass is 10.1. The number of hydrogen-bond acceptors (Lipinski definition) is 5. The molecule has 0 radical (unpaired) electrons. The Morgan fingerprint density at radius 2 is 1.61 bits per heavy atom. The molecule has 31 heavy (non-hydrogen) atoms. The third kappa shape index (κ3) is 3.92. The molecule has 156 valence electrons. The zero-order valence-corrected chi connectivity index (χ0v) is 17.6. The zero-order chi connectivity index (χ0) is 22.0. The molecule has 0 fully saturated rings. The molecule has 6 heteroatoms. The maximum absolute atomic E-state index is 12.8. The summed E-state index contributed by atoms with van der Waals surface area (Å²) in [4.78, 5) is 25.6. The van der Waals surface area contributed by atoms with E-state index in [0.717, 1.165) is 22.6 Å². The number of Topliss-reactive ketones (excluding diaryl/α,β-unsaturated/α-hetero) is 1. The van der Waals surface area contributed by atoms with Gasteiger partial charge >= 0.3 is 5.97 Å². The monoisotopic (exact) mass is 414 g/mol. The summed E-state index contributed by atoms with van der Waals surface area (Å²) in [5.41, 5.74) is 4.60. The first-order valence-electron chi connectivity index (χ1n) is 9.93. The predicted molar refractivity (Wildman–Crippen MR) is 117 cm³/mol. The van der Waals surface area contributed by atoms with Crippen molar-refractivity contribution in [2.45, 2.75) is 20.8 Å². The Morgan fingerprint density at radius 1 is 0.968 bits per heavy atom. The van der Waals surface area contributed by atoms with E-state index in [-0.39, 0.29) is 18.0 Å². The summed E-state index contributed by atoms with van der Waals surface area (Å²) >= 11 is 0. The first-order chi connectivity index (χ1) is 15.0. The Kier molecular flexibility index (Phi) is 5.54. The van der Waals surface area contributed by atoms with E-state index in [9.17, 15) is 9.59 Å². The predicted octanol–water partition coefficient (Wildman–Crippen LogP) is 5.10. The van der Waals surface area contributed by atoms with E-state index in [1.54, 1.807) is 6.92 Å². The number of aryl methyl sites for hydroxylation is 2. The van der Waals surface area contributed by atoms with Gasteiger partial charge in [0.1, 0.15) is 17.0 Å². The molecule has 0 atom stereocenters. The average molecular weight is 414 g/mol. The number of carbonyl (C=O) groups excluding carboxylic acids is 2. The Hall–Kier alpha value is -3.93. The van der Waals surface area contributed by atoms with Crippen LogP contribution in [0.5, 0.6) is 0 Å². The highest BCUT2D eigenvalue weighted by atomic mass is 16.5. The van der Waals surface area contributed by atoms with Crippen LogP contribution in [0.1, 0.15) is 37.9 Å². The van der Waals surface area contributed by atoms with E-state index in [4.69, 9.17) is 9.26 Å². The van der Waals surface area contributed by atoms with Gasteiger partial charge in [0.15, 0.2) is 6.61 Å². The van der Waals surface area contributed by atoms with E-state index < -0.39 is 5.97 Å². The number of rotatable bonds is 6. The van der Waals surface area contributed by atoms with E-state index in [1.165, 1.54) is 0 Å². The van der Waals surface area contributed by atoms with Gasteiger partial charge in [-0.15, -0.1) is 0 Å². The summed E-state index contributed by atoms with van der Waals surface area (Å²) in [5.74, 6) is -0.555. The van der Waals surface area contributed by atoms with Crippen LogP contribution >= 0.6 is 0 Å². The normalized spacial score (nSPS) is 10.8. The summed E-state index contributed by atoms with van der Waals surface area (Å²) < 4.78 is 12.6. The minimum atomic E-state index is -0.636. The van der Waals surface area contributed by atoms with Crippen molar-refractivity contribution in [2.24, 2.45) is 0 Å². The molecule has 0 aliphatic rings. The van der Waals surface area contributed by atoms with Gasteiger partial charge in [-0.2, -0.15) is 0 Å². The summed E-state index contributed by atoms with van der Waals surface area (Å²) in [5, 5.41) is 3.99. The van der Waals surface area contributed by atoms with Crippen LogP contribution < -0.4 is 0 Å². The number of nitrogens with zero attached hydrogens (tertiary/aromatic N) is 2. The molecule has 0 amide bonds. The maximum atomic E-state index is 12.8. The van der Waals surface area contributed by atoms with Crippen LogP contribution in [0.25, 0.3) is 16.9 Å². The Labute approximate surface area is 180 Å². The molecule has 6 nitrogen and oxygen atoms in total. The SMILES string of the molecule is Cc1onc(-c2ccccc2)c1C(=O)OCC(=O)c1cc(C)n(-c2ccccc2)c1C. The van der Waals surface area contributed by atoms with Gasteiger partial charge in [-0.1, -0.05) is 53.7 Å². The molecule has 0 unspecified atom stereocenters. The van der Waals surface area contributed by atoms with Crippen molar-refractivity contribution in [3.8, 4) is 16.9 Å². The summed E-state index contributed by atoms with van der Waals surface area (Å²) in [7, 11) is 0. The maximum Gasteiger partial charge on any atom is 0.344 e. The van der Waals surface area contributed by atoms with Crippen molar-refractivity contribution in [2.75, 3.05) is 6.61 Å². The lowest BCUT2D eigenvalue weighted by Crippen LogP contribution is -2.16. The van der Waals surface area contributed by atoms with Gasteiger partial charge in [0.05, 0.1) is 0 Å². The van der Waals surface area contributed by atoms with Crippen molar-refractivity contribution < 1.29 is 18.8 Å². The summed E-state index contributed by atoms with van der Waals surface area (Å²) in [6.07, 6.45) is 0. The van der Waals surface area contributed by atoms with Crippen LogP contribution in [0.3, 0.4) is 0 Å². The van der Waals surface area contributed by atoms with Crippen LogP contribution in [0.15, 0.2) is 71.3 Å². The Balaban J connectivity index is 1.53. The Morgan fingerprint density at radius 3 is 2.29 bits per heavy atom. The molecule has 0 spiro atoms. The molecule has 0 bridgehead atoms. The molecular weight excluding hydrogens is 392 g/mol. The van der Waals surface area contributed by atoms with Gasteiger partial charge < -0.3 is 13.8 Å². The topological polar surface area (TPSA) is 74.3 Å². The molecule has 0 saturated carbocycles. The third-order valence-corrected chi connectivity index (χ3v) is 5.19. The van der Waals surface area contributed by atoms with Crippen LogP contribution in [-0.4, -0.2) is 28.1 Å². The van der Waals surface area contributed by atoms with E-state index in [1.807, 2.05) is 85.1 Å². The van der Waals surface area contributed by atoms with Crippen molar-refractivity contribution >= 4 is 11.8 Å². The fourth-order valence-corrected chi connectivity index (χ4v) is 3.71. The zero-order valence-electron chi connectivity index (χ0n) is 17.6. The number of benzene rings is 2. The fraction of sp³-hybridized carbons (Fsp3) is 0.160. The molecule has 0 saturated heterocycles. The number of esters is 1. The lowest BCUT2D eigenvalue weighted by molar-refractivity contribution is 0.0473. The minimum absolute atomic E-state index is 0.230. The molecule has 2 aromatic heterocycles. The standard InChI is InChI=1S/C25H22N2O4/c1-16-14-21(17(2)27(16)20-12-8-5-9-13-20)22(28)15-30-25(29)23-18(3)31-26-24(23)19-10-6-4-7-11-19/h4-14H,15H2,1-3H3. The second-order valence-corrected chi connectivity index (χ2v) is 7.28. The van der Waals surface area contributed by atoms with Crippen molar-refractivity contribution in [3.05, 3.63) is 95.0 Å². The molecule has 0 N–H and O–H groups in total. The van der Waals surface area contributed by atoms with Gasteiger partial charge in [0.25, 0.3) is 0 Å². The van der Waals surface area contributed by atoms with E-state index in [0.29, 0.717) is 17.0 Å². The average Bonchev–Trinajstić information content (AvgIpc) is 3.32. The molecule has 0 aliphatic carbocycles. The number of carbonyl (C=O) groups is 2. The third-order valence-electron chi connectivity index (χ3n) is 5.19. The van der Waals surface area contributed by atoms with Crippen LogP contribution in [0.2, 0.25) is 0 Å². The van der Waals surface area contributed by atoms with Gasteiger partial charge in [-0.05, 0) is 39.0 Å². The first kappa shape index (κ1) is 20.3. The molecule has 2 aromatic carbocycles. The van der Waals surface area contributed by atoms with Gasteiger partial charge in [0.2, 0.25) is 5.78 Å². The fourth-order valence-electron chi connectivity index (χ4n) is 3.71. The second-order valence-electron chi connectivity index (χ2n) is 7.28. The van der Waals surface area contributed by atoms with E-state index >= 15 is 0 Å². The second kappa shape index (κ2) is 8.44. The highest BCUT2D eigenvalue weighted by molar-refractivity contribution is 6.02. The van der Waals surface area contributed by atoms with Gasteiger partial charge in [0, 0.05) is 28.2 Å². The number of hydrogen-bond donors (Lipinski definition) is 0. The molecule has 0 aliphatic heterocycles. The number of para-hydroxylation sites is 1. The number of ketones is 1. The lowest BCUT2D eigenvalue weighted by Gasteiger charge is -2.09. The molecule has 4 aromatic rings. The number of ether oxygens (including phenoxy) is 1. The van der Waals surface area contributed by atoms with E-state index in [2.05, 4.69) is 5.16 Å². The highest BCUT2D eigenvalue weighted by Gasteiger charge is 2.24. The number of aromatic nitrogens is 2. The largest absolute Gasteiger partial charge is 0.454 e. The van der Waals surface area contributed by atoms with Crippen LogP contribution in [0.4, 0.5) is 0 Å². The Bertz CT molecular complexity index is 1240. The van der Waals surface area contributed by atoms with Crippen molar-refractivity contribution in [1.29, 1.82) is 0 Å². The van der Waals surface area contributed by atoms with Gasteiger partial charge in [-0.25, -0.2) is 4.79 Å². The summed E-state index contributed by atoms with van der Waals surface area (Å²) in [6.45, 7) is 5.10. The van der Waals surface area contributed by atoms with Gasteiger partial charge in [-0.3, -0.25) is 4.79 Å². The van der Waals surface area contributed by atoms with Crippen LogP contribution in [-0.2, 0) is 4.74 Å².